The molecule has 1 aromatic heterocycles. The first-order chi connectivity index (χ1) is 8.15. The zero-order valence-electron chi connectivity index (χ0n) is 10.4. The molecule has 0 atom stereocenters. The van der Waals surface area contributed by atoms with E-state index in [0.717, 1.165) is 31.7 Å². The molecule has 1 aromatic rings. The van der Waals surface area contributed by atoms with Gasteiger partial charge in [0, 0.05) is 32.3 Å². The molecule has 0 radical (unpaired) electrons. The van der Waals surface area contributed by atoms with Crippen molar-refractivity contribution in [2.24, 2.45) is 0 Å². The Morgan fingerprint density at radius 2 is 2.18 bits per heavy atom. The van der Waals surface area contributed by atoms with Crippen molar-refractivity contribution in [1.29, 1.82) is 0 Å². The summed E-state index contributed by atoms with van der Waals surface area (Å²) in [5.41, 5.74) is 1.21. The first-order valence-corrected chi connectivity index (χ1v) is 6.10. The van der Waals surface area contributed by atoms with Crippen molar-refractivity contribution in [2.75, 3.05) is 18.4 Å². The van der Waals surface area contributed by atoms with Crippen LogP contribution in [0.1, 0.15) is 25.3 Å². The molecular formula is C13H19N3O. The maximum Gasteiger partial charge on any atom is 0.219 e. The van der Waals surface area contributed by atoms with Crippen molar-refractivity contribution in [1.82, 2.24) is 9.88 Å². The predicted octanol–water partition coefficient (Wildman–Crippen LogP) is 1.81. The zero-order chi connectivity index (χ0) is 12.3. The van der Waals surface area contributed by atoms with Crippen LogP contribution in [0.25, 0.3) is 0 Å². The molecule has 1 aliphatic heterocycles. The van der Waals surface area contributed by atoms with Gasteiger partial charge in [-0.1, -0.05) is 0 Å². The van der Waals surface area contributed by atoms with E-state index in [4.69, 9.17) is 0 Å². The number of likely N-dealkylation sites (tertiary alicyclic amines) is 1. The van der Waals surface area contributed by atoms with Crippen LogP contribution in [0.3, 0.4) is 0 Å². The van der Waals surface area contributed by atoms with E-state index in [1.165, 1.54) is 5.56 Å². The van der Waals surface area contributed by atoms with Crippen LogP contribution in [0.5, 0.6) is 0 Å². The molecule has 0 aromatic carbocycles. The maximum atomic E-state index is 11.2. The van der Waals surface area contributed by atoms with E-state index in [9.17, 15) is 4.79 Å². The van der Waals surface area contributed by atoms with E-state index >= 15 is 0 Å². The molecule has 1 N–H and O–H groups in total. The van der Waals surface area contributed by atoms with E-state index in [1.54, 1.807) is 6.92 Å². The normalized spacial score (nSPS) is 16.9. The third-order valence-corrected chi connectivity index (χ3v) is 3.21. The highest BCUT2D eigenvalue weighted by atomic mass is 16.2. The summed E-state index contributed by atoms with van der Waals surface area (Å²) >= 11 is 0. The fraction of sp³-hybridized carbons (Fsp3) is 0.538. The van der Waals surface area contributed by atoms with Gasteiger partial charge in [-0.25, -0.2) is 4.98 Å². The molecule has 1 saturated heterocycles. The number of aromatic nitrogens is 1. The van der Waals surface area contributed by atoms with Crippen LogP contribution >= 0.6 is 0 Å². The molecular weight excluding hydrogens is 214 g/mol. The highest BCUT2D eigenvalue weighted by Gasteiger charge is 2.20. The summed E-state index contributed by atoms with van der Waals surface area (Å²) in [6.45, 7) is 5.39. The Balaban J connectivity index is 1.88. The van der Waals surface area contributed by atoms with Gasteiger partial charge in [-0.05, 0) is 37.5 Å². The maximum absolute atomic E-state index is 11.2. The lowest BCUT2D eigenvalue weighted by Gasteiger charge is -2.31. The number of carbonyl (C=O) groups excluding carboxylic acids is 1. The lowest BCUT2D eigenvalue weighted by Crippen LogP contribution is -2.41. The lowest BCUT2D eigenvalue weighted by molar-refractivity contribution is -0.129. The Bertz CT molecular complexity index is 397. The van der Waals surface area contributed by atoms with Gasteiger partial charge in [0.15, 0.2) is 0 Å². The van der Waals surface area contributed by atoms with Crippen LogP contribution in [-0.2, 0) is 4.79 Å². The topological polar surface area (TPSA) is 45.2 Å². The van der Waals surface area contributed by atoms with Gasteiger partial charge in [-0.2, -0.15) is 0 Å². The quantitative estimate of drug-likeness (QED) is 0.847. The van der Waals surface area contributed by atoms with Crippen molar-refractivity contribution >= 4 is 11.7 Å². The largest absolute Gasteiger partial charge is 0.367 e. The minimum Gasteiger partial charge on any atom is -0.367 e. The van der Waals surface area contributed by atoms with Crippen molar-refractivity contribution in [3.63, 3.8) is 0 Å². The molecule has 1 aliphatic rings. The summed E-state index contributed by atoms with van der Waals surface area (Å²) in [4.78, 5) is 17.4. The number of nitrogens with zero attached hydrogens (tertiary/aromatic N) is 2. The van der Waals surface area contributed by atoms with Gasteiger partial charge in [0.2, 0.25) is 5.91 Å². The molecule has 1 fully saturated rings. The second kappa shape index (κ2) is 5.17. The summed E-state index contributed by atoms with van der Waals surface area (Å²) in [5.74, 6) is 1.11. The second-order valence-electron chi connectivity index (χ2n) is 4.64. The molecule has 0 spiro atoms. The molecule has 92 valence electrons. The highest BCUT2D eigenvalue weighted by molar-refractivity contribution is 5.73. The first kappa shape index (κ1) is 11.9. The number of amides is 1. The van der Waals surface area contributed by atoms with Crippen molar-refractivity contribution in [3.8, 4) is 0 Å². The number of anilines is 1. The number of nitrogens with one attached hydrogen (secondary N) is 1. The number of pyridine rings is 1. The Morgan fingerprint density at radius 1 is 1.47 bits per heavy atom. The summed E-state index contributed by atoms with van der Waals surface area (Å²) in [6.07, 6.45) is 3.81. The Kier molecular flexibility index (Phi) is 3.61. The molecule has 17 heavy (non-hydrogen) atoms. The van der Waals surface area contributed by atoms with Crippen LogP contribution in [0.15, 0.2) is 18.3 Å². The van der Waals surface area contributed by atoms with Gasteiger partial charge in [-0.3, -0.25) is 4.79 Å². The van der Waals surface area contributed by atoms with E-state index in [0.29, 0.717) is 6.04 Å². The number of aryl methyl sites for hydroxylation is 1. The van der Waals surface area contributed by atoms with E-state index in [1.807, 2.05) is 17.2 Å². The minimum absolute atomic E-state index is 0.178. The van der Waals surface area contributed by atoms with Gasteiger partial charge in [0.1, 0.15) is 5.82 Å². The average Bonchev–Trinajstić information content (AvgIpc) is 2.29. The SMILES string of the molecule is CC(=O)N1CCC(Nc2cc(C)ccn2)CC1. The highest BCUT2D eigenvalue weighted by Crippen LogP contribution is 2.15. The van der Waals surface area contributed by atoms with Crippen LogP contribution < -0.4 is 5.32 Å². The van der Waals surface area contributed by atoms with E-state index < -0.39 is 0 Å². The molecule has 2 rings (SSSR count). The number of rotatable bonds is 2. The molecule has 2 heterocycles. The molecule has 0 bridgehead atoms. The Morgan fingerprint density at radius 3 is 2.76 bits per heavy atom. The summed E-state index contributed by atoms with van der Waals surface area (Å²) < 4.78 is 0. The fourth-order valence-corrected chi connectivity index (χ4v) is 2.16. The van der Waals surface area contributed by atoms with Crippen LogP contribution in [0.2, 0.25) is 0 Å². The average molecular weight is 233 g/mol. The fourth-order valence-electron chi connectivity index (χ4n) is 2.16. The second-order valence-corrected chi connectivity index (χ2v) is 4.64. The zero-order valence-corrected chi connectivity index (χ0v) is 10.4. The Labute approximate surface area is 102 Å². The molecule has 0 aliphatic carbocycles. The standard InChI is InChI=1S/C13H19N3O/c1-10-3-6-14-13(9-10)15-12-4-7-16(8-5-12)11(2)17/h3,6,9,12H,4-5,7-8H2,1-2H3,(H,14,15). The van der Waals surface area contributed by atoms with Crippen LogP contribution in [-0.4, -0.2) is 34.9 Å². The number of carbonyl (C=O) groups is 1. The summed E-state index contributed by atoms with van der Waals surface area (Å²) in [7, 11) is 0. The minimum atomic E-state index is 0.178. The number of hydrogen-bond donors (Lipinski definition) is 1. The smallest absolute Gasteiger partial charge is 0.219 e. The molecule has 4 heteroatoms. The predicted molar refractivity (Wildman–Crippen MR) is 67.9 cm³/mol. The third kappa shape index (κ3) is 3.19. The first-order valence-electron chi connectivity index (χ1n) is 6.10. The lowest BCUT2D eigenvalue weighted by atomic mass is 10.1. The van der Waals surface area contributed by atoms with Gasteiger partial charge in [-0.15, -0.1) is 0 Å². The van der Waals surface area contributed by atoms with Crippen LogP contribution in [0, 0.1) is 6.92 Å². The molecule has 4 nitrogen and oxygen atoms in total. The number of hydrogen-bond acceptors (Lipinski definition) is 3. The summed E-state index contributed by atoms with van der Waals surface area (Å²) in [6, 6.07) is 4.47. The monoisotopic (exact) mass is 233 g/mol. The molecule has 1 amide bonds. The van der Waals surface area contributed by atoms with E-state index in [2.05, 4.69) is 23.3 Å². The van der Waals surface area contributed by atoms with Gasteiger partial charge >= 0.3 is 0 Å². The van der Waals surface area contributed by atoms with Crippen molar-refractivity contribution < 1.29 is 4.79 Å². The van der Waals surface area contributed by atoms with Gasteiger partial charge < -0.3 is 10.2 Å². The van der Waals surface area contributed by atoms with Crippen molar-refractivity contribution in [3.05, 3.63) is 23.9 Å². The Hall–Kier alpha value is -1.58. The number of piperidine rings is 1. The molecule has 0 saturated carbocycles. The van der Waals surface area contributed by atoms with Gasteiger partial charge in [0.25, 0.3) is 0 Å². The van der Waals surface area contributed by atoms with Crippen LogP contribution in [0.4, 0.5) is 5.82 Å². The van der Waals surface area contributed by atoms with Gasteiger partial charge in [0.05, 0.1) is 0 Å². The third-order valence-electron chi connectivity index (χ3n) is 3.21. The summed E-state index contributed by atoms with van der Waals surface area (Å²) in [5, 5.41) is 3.43. The van der Waals surface area contributed by atoms with E-state index in [-0.39, 0.29) is 5.91 Å². The van der Waals surface area contributed by atoms with Crippen molar-refractivity contribution in [2.45, 2.75) is 32.7 Å². The molecule has 0 unspecified atom stereocenters.